The predicted molar refractivity (Wildman–Crippen MR) is 117 cm³/mol. The highest BCUT2D eigenvalue weighted by molar-refractivity contribution is 7.09. The first-order chi connectivity index (χ1) is 15.2. The summed E-state index contributed by atoms with van der Waals surface area (Å²) in [5.41, 5.74) is 14.3. The predicted octanol–water partition coefficient (Wildman–Crippen LogP) is 2.53. The minimum Gasteiger partial charge on any atom is -0.483 e. The van der Waals surface area contributed by atoms with Gasteiger partial charge in [0.2, 0.25) is 0 Å². The highest BCUT2D eigenvalue weighted by atomic mass is 32.1. The molecule has 1 aromatic carbocycles. The van der Waals surface area contributed by atoms with Gasteiger partial charge < -0.3 is 16.2 Å². The molecule has 0 amide bonds. The van der Waals surface area contributed by atoms with Crippen LogP contribution in [0.25, 0.3) is 22.4 Å². The zero-order valence-corrected chi connectivity index (χ0v) is 17.0. The number of rotatable bonds is 6. The van der Waals surface area contributed by atoms with Gasteiger partial charge in [-0.15, -0.1) is 0 Å². The molecule has 31 heavy (non-hydrogen) atoms. The lowest BCUT2D eigenvalue weighted by atomic mass is 10.2. The highest BCUT2D eigenvalue weighted by Crippen LogP contribution is 2.29. The lowest BCUT2D eigenvalue weighted by molar-refractivity contribution is 0.305. The molecule has 0 saturated carbocycles. The maximum absolute atomic E-state index is 6.14. The second-order valence-corrected chi connectivity index (χ2v) is 7.44. The molecule has 154 valence electrons. The molecule has 0 fully saturated rings. The largest absolute Gasteiger partial charge is 0.483 e. The Morgan fingerprint density at radius 2 is 1.87 bits per heavy atom. The van der Waals surface area contributed by atoms with Gasteiger partial charge >= 0.3 is 0 Å². The summed E-state index contributed by atoms with van der Waals surface area (Å²) < 4.78 is 11.8. The molecule has 0 atom stereocenters. The molecule has 0 spiro atoms. The van der Waals surface area contributed by atoms with Crippen molar-refractivity contribution in [2.45, 2.75) is 13.2 Å². The van der Waals surface area contributed by atoms with E-state index >= 15 is 0 Å². The van der Waals surface area contributed by atoms with E-state index in [-0.39, 0.29) is 5.82 Å². The van der Waals surface area contributed by atoms with E-state index in [4.69, 9.17) is 21.3 Å². The van der Waals surface area contributed by atoms with Gasteiger partial charge in [-0.2, -0.15) is 9.47 Å². The first kappa shape index (κ1) is 18.9. The minimum atomic E-state index is 0.242. The second kappa shape index (κ2) is 7.95. The number of hydrogen-bond acceptors (Lipinski definition) is 10. The van der Waals surface area contributed by atoms with Crippen LogP contribution in [0.3, 0.4) is 0 Å². The van der Waals surface area contributed by atoms with Gasteiger partial charge in [-0.05, 0) is 23.8 Å². The normalized spacial score (nSPS) is 11.1. The molecule has 4 heterocycles. The summed E-state index contributed by atoms with van der Waals surface area (Å²) in [5, 5.41) is 6.02. The van der Waals surface area contributed by atoms with Crippen LogP contribution in [0.4, 0.5) is 10.9 Å². The molecule has 0 bridgehead atoms. The average molecular weight is 431 g/mol. The van der Waals surface area contributed by atoms with Crippen molar-refractivity contribution >= 4 is 33.4 Å². The van der Waals surface area contributed by atoms with Crippen LogP contribution < -0.4 is 16.2 Å². The van der Waals surface area contributed by atoms with E-state index < -0.39 is 0 Å². The van der Waals surface area contributed by atoms with Crippen LogP contribution in [-0.2, 0) is 13.2 Å². The Bertz CT molecular complexity index is 1350. The fourth-order valence-electron chi connectivity index (χ4n) is 3.13. The molecule has 10 nitrogen and oxygen atoms in total. The number of nitrogens with two attached hydrogens (primary N) is 2. The summed E-state index contributed by atoms with van der Waals surface area (Å²) in [6.45, 7) is 0.730. The van der Waals surface area contributed by atoms with Crippen LogP contribution in [0.5, 0.6) is 5.75 Å². The van der Waals surface area contributed by atoms with E-state index in [9.17, 15) is 0 Å². The Labute approximate surface area is 180 Å². The van der Waals surface area contributed by atoms with Crippen molar-refractivity contribution < 1.29 is 4.74 Å². The summed E-state index contributed by atoms with van der Waals surface area (Å²) in [6.07, 6.45) is 4.98. The van der Waals surface area contributed by atoms with Crippen LogP contribution in [0.15, 0.2) is 55.0 Å². The number of anilines is 2. The van der Waals surface area contributed by atoms with Gasteiger partial charge in [-0.1, -0.05) is 18.2 Å². The number of fused-ring (bicyclic) bond motifs is 1. The summed E-state index contributed by atoms with van der Waals surface area (Å²) in [5.74, 6) is 1.66. The standard InChI is InChI=1S/C20H17N9OS/c21-18-15(30-11-12-5-7-23-8-6-12)9-24-19(26-18)17-13-3-1-2-4-14(13)29(27-17)10-16-25-20(22)31-28-16/h1-9H,10-11H2,(H2,21,24,26)(H2,22,25,28). The van der Waals surface area contributed by atoms with Gasteiger partial charge in [0.05, 0.1) is 11.7 Å². The first-order valence-corrected chi connectivity index (χ1v) is 10.1. The van der Waals surface area contributed by atoms with E-state index in [0.29, 0.717) is 41.4 Å². The summed E-state index contributed by atoms with van der Waals surface area (Å²) in [4.78, 5) is 17.1. The molecule has 0 aliphatic carbocycles. The third-order valence-electron chi connectivity index (χ3n) is 4.57. The number of hydrogen-bond donors (Lipinski definition) is 2. The van der Waals surface area contributed by atoms with Crippen molar-refractivity contribution in [1.29, 1.82) is 0 Å². The number of nitrogens with zero attached hydrogens (tertiary/aromatic N) is 7. The number of pyridine rings is 1. The molecule has 5 aromatic rings. The van der Waals surface area contributed by atoms with Gasteiger partial charge in [0.1, 0.15) is 18.8 Å². The maximum atomic E-state index is 6.14. The maximum Gasteiger partial charge on any atom is 0.200 e. The molecule has 0 aliphatic heterocycles. The quantitative estimate of drug-likeness (QED) is 0.414. The van der Waals surface area contributed by atoms with Crippen LogP contribution in [0, 0.1) is 0 Å². The summed E-state index contributed by atoms with van der Waals surface area (Å²) >= 11 is 1.16. The highest BCUT2D eigenvalue weighted by Gasteiger charge is 2.17. The molecular formula is C20H17N9OS. The molecule has 0 aliphatic rings. The number of nitrogen functional groups attached to an aromatic ring is 2. The SMILES string of the molecule is Nc1nc(Cn2nc(-c3ncc(OCc4ccncc4)c(N)n3)c3ccccc32)ns1. The monoisotopic (exact) mass is 431 g/mol. The zero-order chi connectivity index (χ0) is 21.2. The lowest BCUT2D eigenvalue weighted by Gasteiger charge is -2.08. The van der Waals surface area contributed by atoms with E-state index in [1.807, 2.05) is 36.4 Å². The van der Waals surface area contributed by atoms with Crippen molar-refractivity contribution in [3.8, 4) is 17.3 Å². The van der Waals surface area contributed by atoms with Crippen molar-refractivity contribution in [3.63, 3.8) is 0 Å². The molecule has 0 radical (unpaired) electrons. The average Bonchev–Trinajstić information content (AvgIpc) is 3.37. The fraction of sp³-hybridized carbons (Fsp3) is 0.100. The third kappa shape index (κ3) is 3.85. The van der Waals surface area contributed by atoms with E-state index in [1.54, 1.807) is 23.3 Å². The number of benzene rings is 1. The topological polar surface area (TPSA) is 144 Å². The van der Waals surface area contributed by atoms with E-state index in [1.165, 1.54) is 0 Å². The number of aromatic nitrogens is 7. The van der Waals surface area contributed by atoms with Gasteiger partial charge in [0, 0.05) is 29.3 Å². The Balaban J connectivity index is 1.45. The second-order valence-electron chi connectivity index (χ2n) is 6.66. The molecule has 11 heteroatoms. The Hall–Kier alpha value is -4.12. The number of ether oxygens (including phenoxy) is 1. The van der Waals surface area contributed by atoms with Gasteiger partial charge in [0.25, 0.3) is 0 Å². The molecule has 4 N–H and O–H groups in total. The van der Waals surface area contributed by atoms with Crippen LogP contribution >= 0.6 is 11.5 Å². The third-order valence-corrected chi connectivity index (χ3v) is 5.15. The Kier molecular flexibility index (Phi) is 4.84. The molecule has 0 saturated heterocycles. The first-order valence-electron chi connectivity index (χ1n) is 9.35. The van der Waals surface area contributed by atoms with Gasteiger partial charge in [0.15, 0.2) is 28.3 Å². The van der Waals surface area contributed by atoms with Crippen molar-refractivity contribution in [1.82, 2.24) is 34.1 Å². The van der Waals surface area contributed by atoms with Crippen molar-refractivity contribution in [2.24, 2.45) is 0 Å². The lowest BCUT2D eigenvalue weighted by Crippen LogP contribution is -2.05. The number of para-hydroxylation sites is 1. The Morgan fingerprint density at radius 1 is 1.03 bits per heavy atom. The molecule has 5 rings (SSSR count). The van der Waals surface area contributed by atoms with Gasteiger partial charge in [-0.25, -0.2) is 15.0 Å². The summed E-state index contributed by atoms with van der Waals surface area (Å²) in [6, 6.07) is 11.6. The Morgan fingerprint density at radius 3 is 2.65 bits per heavy atom. The van der Waals surface area contributed by atoms with Crippen LogP contribution in [0.2, 0.25) is 0 Å². The van der Waals surface area contributed by atoms with E-state index in [0.717, 1.165) is 28.0 Å². The van der Waals surface area contributed by atoms with Crippen molar-refractivity contribution in [3.05, 3.63) is 66.4 Å². The zero-order valence-electron chi connectivity index (χ0n) is 16.2. The molecule has 0 unspecified atom stereocenters. The summed E-state index contributed by atoms with van der Waals surface area (Å²) in [7, 11) is 0. The van der Waals surface area contributed by atoms with E-state index in [2.05, 4.69) is 24.3 Å². The van der Waals surface area contributed by atoms with Gasteiger partial charge in [-0.3, -0.25) is 9.67 Å². The minimum absolute atomic E-state index is 0.242. The van der Waals surface area contributed by atoms with Crippen LogP contribution in [-0.4, -0.2) is 34.1 Å². The van der Waals surface area contributed by atoms with Crippen LogP contribution in [0.1, 0.15) is 11.4 Å². The fourth-order valence-corrected chi connectivity index (χ4v) is 3.57. The molecule has 4 aromatic heterocycles. The smallest absolute Gasteiger partial charge is 0.200 e. The van der Waals surface area contributed by atoms with Crippen molar-refractivity contribution in [2.75, 3.05) is 11.5 Å². The molecular weight excluding hydrogens is 414 g/mol.